The zero-order valence-electron chi connectivity index (χ0n) is 14.2. The van der Waals surface area contributed by atoms with E-state index in [9.17, 15) is 9.59 Å². The Kier molecular flexibility index (Phi) is 5.78. The van der Waals surface area contributed by atoms with Gasteiger partial charge in [0.2, 0.25) is 0 Å². The Morgan fingerprint density at radius 3 is 3.19 bits per heavy atom. The number of rotatable bonds is 5. The first kappa shape index (κ1) is 18.3. The molecule has 2 aromatic rings. The van der Waals surface area contributed by atoms with Gasteiger partial charge in [0.05, 0.1) is 36.0 Å². The summed E-state index contributed by atoms with van der Waals surface area (Å²) in [5.41, 5.74) is 2.66. The van der Waals surface area contributed by atoms with Gasteiger partial charge in [0.15, 0.2) is 0 Å². The number of amides is 1. The minimum Gasteiger partial charge on any atom is -0.379 e. The topological polar surface area (TPSA) is 117 Å². The lowest BCUT2D eigenvalue weighted by Gasteiger charge is -2.32. The first-order valence-corrected chi connectivity index (χ1v) is 9.04. The summed E-state index contributed by atoms with van der Waals surface area (Å²) in [6.07, 6.45) is 0.314. The molecule has 26 heavy (non-hydrogen) atoms. The fourth-order valence-electron chi connectivity index (χ4n) is 2.73. The van der Waals surface area contributed by atoms with Crippen LogP contribution in [0.1, 0.15) is 33.7 Å². The van der Waals surface area contributed by atoms with Crippen molar-refractivity contribution in [3.8, 4) is 6.07 Å². The molecule has 1 aliphatic heterocycles. The van der Waals surface area contributed by atoms with Crippen LogP contribution in [0.3, 0.4) is 0 Å². The van der Waals surface area contributed by atoms with E-state index >= 15 is 0 Å². The van der Waals surface area contributed by atoms with E-state index in [0.29, 0.717) is 31.9 Å². The Morgan fingerprint density at radius 1 is 1.62 bits per heavy atom. The van der Waals surface area contributed by atoms with Crippen LogP contribution in [0.5, 0.6) is 0 Å². The number of aromatic amines is 1. The number of aryl methyl sites for hydroxylation is 1. The molecule has 0 aromatic carbocycles. The highest BCUT2D eigenvalue weighted by atomic mass is 32.1. The summed E-state index contributed by atoms with van der Waals surface area (Å²) in [6.45, 7) is 2.87. The zero-order valence-corrected chi connectivity index (χ0v) is 15.0. The van der Waals surface area contributed by atoms with Gasteiger partial charge in [-0.15, -0.1) is 11.3 Å². The number of carbonyl (C=O) groups excluding carboxylic acids is 1. The van der Waals surface area contributed by atoms with Crippen LogP contribution in [0.25, 0.3) is 0 Å². The molecule has 1 aliphatic rings. The van der Waals surface area contributed by atoms with E-state index in [1.54, 1.807) is 18.5 Å². The molecule has 2 aromatic heterocycles. The van der Waals surface area contributed by atoms with Crippen LogP contribution in [0.2, 0.25) is 0 Å². The van der Waals surface area contributed by atoms with Crippen molar-refractivity contribution in [2.24, 2.45) is 0 Å². The smallest absolute Gasteiger partial charge is 0.266 e. The summed E-state index contributed by atoms with van der Waals surface area (Å²) < 4.78 is 11.3. The Bertz CT molecular complexity index is 872. The SMILES string of the molecule is Cc1[nH]c(=O)c(C#N)cc1C(=O)N[C@@H]1CCOC[C@H]1OCc1cscn1. The Morgan fingerprint density at radius 2 is 2.46 bits per heavy atom. The molecule has 1 amide bonds. The Hall–Kier alpha value is -2.54. The number of nitriles is 1. The van der Waals surface area contributed by atoms with Gasteiger partial charge in [-0.05, 0) is 19.4 Å². The lowest BCUT2D eigenvalue weighted by molar-refractivity contribution is -0.0742. The maximum Gasteiger partial charge on any atom is 0.266 e. The highest BCUT2D eigenvalue weighted by Gasteiger charge is 2.29. The highest BCUT2D eigenvalue weighted by molar-refractivity contribution is 7.07. The van der Waals surface area contributed by atoms with Gasteiger partial charge in [-0.25, -0.2) is 4.98 Å². The second-order valence-electron chi connectivity index (χ2n) is 5.94. The van der Waals surface area contributed by atoms with Crippen molar-refractivity contribution in [2.45, 2.75) is 32.1 Å². The molecule has 0 saturated carbocycles. The van der Waals surface area contributed by atoms with Crippen molar-refractivity contribution in [2.75, 3.05) is 13.2 Å². The van der Waals surface area contributed by atoms with Gasteiger partial charge in [0, 0.05) is 17.7 Å². The van der Waals surface area contributed by atoms with Crippen LogP contribution in [0, 0.1) is 18.3 Å². The molecule has 3 heterocycles. The van der Waals surface area contributed by atoms with E-state index < -0.39 is 5.56 Å². The average Bonchev–Trinajstić information content (AvgIpc) is 3.14. The molecular formula is C17H18N4O4S. The molecule has 1 fully saturated rings. The van der Waals surface area contributed by atoms with Crippen molar-refractivity contribution in [3.63, 3.8) is 0 Å². The van der Waals surface area contributed by atoms with Crippen molar-refractivity contribution in [1.82, 2.24) is 15.3 Å². The first-order chi connectivity index (χ1) is 12.6. The average molecular weight is 374 g/mol. The molecular weight excluding hydrogens is 356 g/mol. The third-order valence-electron chi connectivity index (χ3n) is 4.15. The third kappa shape index (κ3) is 4.16. The maximum atomic E-state index is 12.6. The van der Waals surface area contributed by atoms with Crippen LogP contribution in [0.15, 0.2) is 21.8 Å². The monoisotopic (exact) mass is 374 g/mol. The fraction of sp³-hybridized carbons (Fsp3) is 0.412. The van der Waals surface area contributed by atoms with Gasteiger partial charge in [-0.2, -0.15) is 5.26 Å². The predicted molar refractivity (Wildman–Crippen MR) is 93.9 cm³/mol. The van der Waals surface area contributed by atoms with Gasteiger partial charge in [0.1, 0.15) is 17.7 Å². The maximum absolute atomic E-state index is 12.6. The largest absolute Gasteiger partial charge is 0.379 e. The van der Waals surface area contributed by atoms with Crippen LogP contribution >= 0.6 is 11.3 Å². The number of nitrogens with zero attached hydrogens (tertiary/aromatic N) is 2. The van der Waals surface area contributed by atoms with Crippen LogP contribution in [-0.4, -0.2) is 41.2 Å². The number of hydrogen-bond acceptors (Lipinski definition) is 7. The number of ether oxygens (including phenoxy) is 2. The number of aromatic nitrogens is 2. The van der Waals surface area contributed by atoms with E-state index in [4.69, 9.17) is 14.7 Å². The first-order valence-electron chi connectivity index (χ1n) is 8.09. The molecule has 2 atom stereocenters. The normalized spacial score (nSPS) is 19.7. The van der Waals surface area contributed by atoms with E-state index in [2.05, 4.69) is 15.3 Å². The lowest BCUT2D eigenvalue weighted by atomic mass is 10.0. The van der Waals surface area contributed by atoms with E-state index in [-0.39, 0.29) is 29.2 Å². The minimum absolute atomic E-state index is 0.0935. The van der Waals surface area contributed by atoms with E-state index in [1.165, 1.54) is 17.4 Å². The second kappa shape index (κ2) is 8.23. The summed E-state index contributed by atoms with van der Waals surface area (Å²) in [5.74, 6) is -0.357. The van der Waals surface area contributed by atoms with Gasteiger partial charge in [-0.1, -0.05) is 0 Å². The number of thiazole rings is 1. The Balaban J connectivity index is 1.70. The van der Waals surface area contributed by atoms with Crippen LogP contribution < -0.4 is 10.9 Å². The van der Waals surface area contributed by atoms with Gasteiger partial charge >= 0.3 is 0 Å². The molecule has 136 valence electrons. The molecule has 0 unspecified atom stereocenters. The molecule has 0 aliphatic carbocycles. The van der Waals surface area contributed by atoms with Gasteiger partial charge in [0.25, 0.3) is 11.5 Å². The minimum atomic E-state index is -0.503. The molecule has 0 spiro atoms. The molecule has 0 bridgehead atoms. The molecule has 1 saturated heterocycles. The summed E-state index contributed by atoms with van der Waals surface area (Å²) in [4.78, 5) is 31.0. The standard InChI is InChI=1S/C17H18N4O4S/c1-10-13(4-11(5-18)16(22)20-10)17(23)21-14-2-3-24-7-15(14)25-6-12-8-26-9-19-12/h4,8-9,14-15H,2-3,6-7H2,1H3,(H,20,22)(H,21,23)/t14-,15-/m1/s1. The van der Waals surface area contributed by atoms with Crippen molar-refractivity contribution in [3.05, 3.63) is 49.8 Å². The van der Waals surface area contributed by atoms with Crippen LogP contribution in [0.4, 0.5) is 0 Å². The summed E-state index contributed by atoms with van der Waals surface area (Å²) in [6, 6.07) is 2.88. The molecule has 3 rings (SSSR count). The lowest BCUT2D eigenvalue weighted by Crippen LogP contribution is -2.50. The second-order valence-corrected chi connectivity index (χ2v) is 6.65. The number of pyridine rings is 1. The van der Waals surface area contributed by atoms with Crippen molar-refractivity contribution in [1.29, 1.82) is 5.26 Å². The number of H-pyrrole nitrogens is 1. The zero-order chi connectivity index (χ0) is 18.5. The third-order valence-corrected chi connectivity index (χ3v) is 4.79. The molecule has 2 N–H and O–H groups in total. The van der Waals surface area contributed by atoms with Crippen molar-refractivity contribution < 1.29 is 14.3 Å². The molecule has 8 nitrogen and oxygen atoms in total. The molecule has 9 heteroatoms. The summed E-state index contributed by atoms with van der Waals surface area (Å²) in [5, 5.41) is 13.8. The number of nitrogens with one attached hydrogen (secondary N) is 2. The highest BCUT2D eigenvalue weighted by Crippen LogP contribution is 2.15. The quantitative estimate of drug-likeness (QED) is 0.810. The van der Waals surface area contributed by atoms with Gasteiger partial charge in [-0.3, -0.25) is 9.59 Å². The summed E-state index contributed by atoms with van der Waals surface area (Å²) in [7, 11) is 0. The number of carbonyl (C=O) groups is 1. The van der Waals surface area contributed by atoms with Crippen molar-refractivity contribution >= 4 is 17.2 Å². The fourth-order valence-corrected chi connectivity index (χ4v) is 3.27. The summed E-state index contributed by atoms with van der Waals surface area (Å²) >= 11 is 1.49. The Labute approximate surface area is 153 Å². The number of hydrogen-bond donors (Lipinski definition) is 2. The van der Waals surface area contributed by atoms with Crippen LogP contribution in [-0.2, 0) is 16.1 Å². The van der Waals surface area contributed by atoms with E-state index in [0.717, 1.165) is 5.69 Å². The molecule has 0 radical (unpaired) electrons. The van der Waals surface area contributed by atoms with E-state index in [1.807, 2.05) is 5.38 Å². The van der Waals surface area contributed by atoms with Gasteiger partial charge < -0.3 is 19.8 Å². The predicted octanol–water partition coefficient (Wildman–Crippen LogP) is 1.12.